The van der Waals surface area contributed by atoms with E-state index >= 15 is 0 Å². The van der Waals surface area contributed by atoms with Crippen LogP contribution in [0.2, 0.25) is 0 Å². The summed E-state index contributed by atoms with van der Waals surface area (Å²) in [4.78, 5) is 18.3. The van der Waals surface area contributed by atoms with Crippen molar-refractivity contribution < 1.29 is 29.5 Å². The number of hydrogen-bond donors (Lipinski definition) is 3. The molecule has 1 aromatic carbocycles. The average Bonchev–Trinajstić information content (AvgIpc) is 2.73. The minimum Gasteiger partial charge on any atom is -0.497 e. The Balaban J connectivity index is 2.48. The maximum absolute atomic E-state index is 11.7. The molecule has 3 N–H and O–H groups in total. The molecule has 4 atom stereocenters. The number of methoxy groups -OCH3 is 1. The van der Waals surface area contributed by atoms with Crippen molar-refractivity contribution in [2.45, 2.75) is 30.6 Å². The summed E-state index contributed by atoms with van der Waals surface area (Å²) in [6, 6.07) is 7.28. The first-order valence-electron chi connectivity index (χ1n) is 8.81. The lowest BCUT2D eigenvalue weighted by molar-refractivity contribution is -0.398. The Morgan fingerprint density at radius 1 is 1.39 bits per heavy atom. The zero-order chi connectivity index (χ0) is 20.7. The van der Waals surface area contributed by atoms with Crippen molar-refractivity contribution in [2.75, 3.05) is 13.7 Å². The van der Waals surface area contributed by atoms with Gasteiger partial charge in [0.2, 0.25) is 0 Å². The van der Waals surface area contributed by atoms with Gasteiger partial charge in [-0.1, -0.05) is 18.2 Å². The summed E-state index contributed by atoms with van der Waals surface area (Å²) in [7, 11) is 1.57. The highest BCUT2D eigenvalue weighted by atomic mass is 16.6. The monoisotopic (exact) mass is 385 g/mol. The number of hydrogen-bond acceptors (Lipinski definition) is 5. The molecule has 0 bridgehead atoms. The molecular formula is C21H25N2O5+. The van der Waals surface area contributed by atoms with Gasteiger partial charge in [-0.15, -0.1) is 0 Å². The molecule has 0 aliphatic heterocycles. The van der Waals surface area contributed by atoms with Crippen LogP contribution in [-0.2, 0) is 16.0 Å². The van der Waals surface area contributed by atoms with Crippen LogP contribution >= 0.6 is 0 Å². The number of carbonyl (C=O) groups is 1. The Labute approximate surface area is 164 Å². The first-order valence-corrected chi connectivity index (χ1v) is 8.81. The lowest BCUT2D eigenvalue weighted by Gasteiger charge is -2.35. The summed E-state index contributed by atoms with van der Waals surface area (Å²) < 4.78 is 10.5. The van der Waals surface area contributed by atoms with Crippen LogP contribution in [-0.4, -0.2) is 54.4 Å². The second-order valence-corrected chi connectivity index (χ2v) is 6.62. The Bertz CT molecular complexity index is 796. The normalized spacial score (nSPS) is 23.1. The predicted molar refractivity (Wildman–Crippen MR) is 103 cm³/mol. The lowest BCUT2D eigenvalue weighted by Crippen LogP contribution is -2.71. The van der Waals surface area contributed by atoms with Crippen LogP contribution in [0.3, 0.4) is 0 Å². The summed E-state index contributed by atoms with van der Waals surface area (Å²) >= 11 is 0. The molecule has 28 heavy (non-hydrogen) atoms. The summed E-state index contributed by atoms with van der Waals surface area (Å²) in [6.45, 7) is 14.8. The zero-order valence-electron chi connectivity index (χ0n) is 15.8. The highest BCUT2D eigenvalue weighted by Crippen LogP contribution is 2.40. The number of aliphatic hydroxyl groups excluding tert-OH is 2. The number of aliphatic hydroxyl groups is 2. The third-order valence-electron chi connectivity index (χ3n) is 4.99. The number of carbonyl (C=O) groups excluding carboxylic acids is 1. The molecule has 0 aromatic heterocycles. The molecule has 1 aliphatic rings. The van der Waals surface area contributed by atoms with E-state index in [0.717, 1.165) is 5.56 Å². The van der Waals surface area contributed by atoms with Crippen molar-refractivity contribution >= 4 is 12.7 Å². The van der Waals surface area contributed by atoms with E-state index in [1.54, 1.807) is 25.3 Å². The third kappa shape index (κ3) is 4.47. The molecule has 0 amide bonds. The van der Waals surface area contributed by atoms with E-state index in [4.69, 9.17) is 21.2 Å². The average molecular weight is 385 g/mol. The van der Waals surface area contributed by atoms with Crippen molar-refractivity contribution in [3.05, 3.63) is 65.7 Å². The second-order valence-electron chi connectivity index (χ2n) is 6.62. The topological polar surface area (TPSA) is 94.3 Å². The van der Waals surface area contributed by atoms with Crippen LogP contribution in [0.1, 0.15) is 12.0 Å². The van der Waals surface area contributed by atoms with Gasteiger partial charge in [0.05, 0.1) is 25.6 Å². The molecule has 148 valence electrons. The van der Waals surface area contributed by atoms with E-state index in [0.29, 0.717) is 11.4 Å². The molecule has 7 nitrogen and oxygen atoms in total. The SMILES string of the molecule is [C-]#[N+]C(Cc1ccc(OC)cc1)(C(=C)[NH+]=C)[C@H]1C[C@@H](O)C=C[C@@H]1OC(=O)CO. The van der Waals surface area contributed by atoms with Crippen molar-refractivity contribution in [3.8, 4) is 5.75 Å². The molecule has 1 unspecified atom stereocenters. The van der Waals surface area contributed by atoms with E-state index in [-0.39, 0.29) is 12.8 Å². The quantitative estimate of drug-likeness (QED) is 0.254. The smallest absolute Gasteiger partial charge is 0.332 e. The molecule has 0 saturated carbocycles. The predicted octanol–water partition coefficient (Wildman–Crippen LogP) is 0.0318. The molecule has 1 aromatic rings. The molecule has 7 heteroatoms. The van der Waals surface area contributed by atoms with Gasteiger partial charge < -0.3 is 19.7 Å². The Hall–Kier alpha value is -2.95. The summed E-state index contributed by atoms with van der Waals surface area (Å²) in [5, 5.41) is 19.2. The highest BCUT2D eigenvalue weighted by Gasteiger charge is 2.56. The second kappa shape index (κ2) is 9.31. The fraction of sp³-hybridized carbons (Fsp3) is 0.381. The fourth-order valence-corrected chi connectivity index (χ4v) is 3.48. The van der Waals surface area contributed by atoms with Gasteiger partial charge in [-0.25, -0.2) is 16.4 Å². The number of benzene rings is 1. The molecule has 1 aliphatic carbocycles. The summed E-state index contributed by atoms with van der Waals surface area (Å²) in [5.74, 6) is -0.700. The van der Waals surface area contributed by atoms with Crippen molar-refractivity contribution in [2.24, 2.45) is 5.92 Å². The van der Waals surface area contributed by atoms with Crippen molar-refractivity contribution in [1.82, 2.24) is 0 Å². The molecule has 0 spiro atoms. The van der Waals surface area contributed by atoms with E-state index in [2.05, 4.69) is 23.1 Å². The zero-order valence-corrected chi connectivity index (χ0v) is 15.8. The number of esters is 1. The van der Waals surface area contributed by atoms with Crippen molar-refractivity contribution in [3.63, 3.8) is 0 Å². The van der Waals surface area contributed by atoms with E-state index in [1.807, 2.05) is 12.1 Å². The Kier molecular flexibility index (Phi) is 7.10. The van der Waals surface area contributed by atoms with Gasteiger partial charge in [-0.05, 0) is 36.8 Å². The Morgan fingerprint density at radius 3 is 2.61 bits per heavy atom. The minimum absolute atomic E-state index is 0.194. The molecule has 0 saturated heterocycles. The largest absolute Gasteiger partial charge is 0.497 e. The minimum atomic E-state index is -1.23. The Morgan fingerprint density at radius 2 is 2.07 bits per heavy atom. The highest BCUT2D eigenvalue weighted by molar-refractivity contribution is 5.70. The van der Waals surface area contributed by atoms with Gasteiger partial charge in [-0.2, -0.15) is 0 Å². The maximum atomic E-state index is 11.7. The fourth-order valence-electron chi connectivity index (χ4n) is 3.48. The van der Waals surface area contributed by atoms with Gasteiger partial charge in [0.1, 0.15) is 25.2 Å². The van der Waals surface area contributed by atoms with Crippen LogP contribution in [0.4, 0.5) is 0 Å². The van der Waals surface area contributed by atoms with E-state index < -0.39 is 36.2 Å². The summed E-state index contributed by atoms with van der Waals surface area (Å²) in [6.07, 6.45) is 1.95. The van der Waals surface area contributed by atoms with Crippen LogP contribution in [0.25, 0.3) is 4.85 Å². The van der Waals surface area contributed by atoms with Crippen LogP contribution in [0.15, 0.2) is 48.7 Å². The molecular weight excluding hydrogens is 360 g/mol. The molecule has 0 fully saturated rings. The van der Waals surface area contributed by atoms with Crippen LogP contribution in [0.5, 0.6) is 5.75 Å². The first kappa shape index (κ1) is 21.4. The summed E-state index contributed by atoms with van der Waals surface area (Å²) in [5.41, 5.74) is -0.0250. The van der Waals surface area contributed by atoms with Gasteiger partial charge in [0.15, 0.2) is 0 Å². The van der Waals surface area contributed by atoms with E-state index in [9.17, 15) is 9.90 Å². The maximum Gasteiger partial charge on any atom is 0.332 e. The molecule has 0 radical (unpaired) electrons. The van der Waals surface area contributed by atoms with Gasteiger partial charge in [0.25, 0.3) is 5.70 Å². The standard InChI is InChI=1S/C21H24N2O5/c1-14(22-2)21(23-3,12-15-5-8-17(27-4)9-6-15)18-11-16(25)7-10-19(18)28-20(26)13-24/h5-10,16,18-19,24-25H,1-2,11-13H2,4H3/p+1/t16-,18-,19-,21?/m0/s1. The van der Waals surface area contributed by atoms with Crippen LogP contribution in [0, 0.1) is 12.5 Å². The van der Waals surface area contributed by atoms with E-state index in [1.165, 1.54) is 6.08 Å². The number of nitrogens with one attached hydrogen (secondary N) is 1. The molecule has 2 rings (SSSR count). The number of ether oxygens (including phenoxy) is 2. The molecule has 0 heterocycles. The van der Waals surface area contributed by atoms with Crippen LogP contribution < -0.4 is 9.73 Å². The van der Waals surface area contributed by atoms with Gasteiger partial charge in [-0.3, -0.25) is 4.85 Å². The third-order valence-corrected chi connectivity index (χ3v) is 4.99. The lowest BCUT2D eigenvalue weighted by atomic mass is 9.70. The van der Waals surface area contributed by atoms with Gasteiger partial charge >= 0.3 is 11.5 Å². The van der Waals surface area contributed by atoms with Crippen molar-refractivity contribution in [1.29, 1.82) is 0 Å². The van der Waals surface area contributed by atoms with Gasteiger partial charge in [0, 0.05) is 0 Å². The first-order chi connectivity index (χ1) is 13.4. The number of nitrogens with zero attached hydrogens (tertiary/aromatic N) is 1. The number of rotatable bonds is 8.